The number of hydrogen-bond acceptors (Lipinski definition) is 4. The van der Waals surface area contributed by atoms with Gasteiger partial charge in [0.25, 0.3) is 5.91 Å². The highest BCUT2D eigenvalue weighted by molar-refractivity contribution is 7.92. The predicted octanol–water partition coefficient (Wildman–Crippen LogP) is 4.15. The van der Waals surface area contributed by atoms with Crippen molar-refractivity contribution in [1.82, 2.24) is 0 Å². The van der Waals surface area contributed by atoms with Gasteiger partial charge in [-0.1, -0.05) is 18.2 Å². The van der Waals surface area contributed by atoms with Gasteiger partial charge in [-0.15, -0.1) is 0 Å². The van der Waals surface area contributed by atoms with Crippen LogP contribution in [0.3, 0.4) is 0 Å². The Morgan fingerprint density at radius 2 is 1.57 bits per heavy atom. The number of sulfonamides is 1. The van der Waals surface area contributed by atoms with Crippen LogP contribution in [-0.2, 0) is 10.0 Å². The Kier molecular flexibility index (Phi) is 6.07. The number of ether oxygens (including phenoxy) is 1. The summed E-state index contributed by atoms with van der Waals surface area (Å²) < 4.78 is 43.6. The molecule has 0 bridgehead atoms. The van der Waals surface area contributed by atoms with E-state index in [1.807, 2.05) is 0 Å². The Labute approximate surface area is 175 Å². The average Bonchev–Trinajstić information content (AvgIpc) is 2.73. The summed E-state index contributed by atoms with van der Waals surface area (Å²) in [6.45, 7) is 0. The lowest BCUT2D eigenvalue weighted by molar-refractivity contribution is 0.102. The lowest BCUT2D eigenvalue weighted by Gasteiger charge is -2.21. The first-order chi connectivity index (χ1) is 14.2. The zero-order valence-corrected chi connectivity index (χ0v) is 17.5. The van der Waals surface area contributed by atoms with E-state index in [2.05, 4.69) is 5.32 Å². The smallest absolute Gasteiger partial charge is 0.255 e. The average molecular weight is 428 g/mol. The van der Waals surface area contributed by atoms with Crippen molar-refractivity contribution in [1.29, 1.82) is 0 Å². The first-order valence-corrected chi connectivity index (χ1v) is 10.8. The normalized spacial score (nSPS) is 11.1. The van der Waals surface area contributed by atoms with E-state index in [9.17, 15) is 17.6 Å². The molecule has 0 atom stereocenters. The van der Waals surface area contributed by atoms with Crippen LogP contribution in [0.25, 0.3) is 11.1 Å². The number of halogens is 1. The number of carbonyl (C=O) groups is 1. The molecule has 8 heteroatoms. The van der Waals surface area contributed by atoms with Crippen molar-refractivity contribution in [3.63, 3.8) is 0 Å². The second-order valence-electron chi connectivity index (χ2n) is 6.65. The second kappa shape index (κ2) is 8.54. The van der Waals surface area contributed by atoms with Gasteiger partial charge >= 0.3 is 0 Å². The van der Waals surface area contributed by atoms with Gasteiger partial charge in [0.15, 0.2) is 0 Å². The highest BCUT2D eigenvalue weighted by Gasteiger charge is 2.19. The topological polar surface area (TPSA) is 75.7 Å². The molecule has 1 amide bonds. The minimum atomic E-state index is -3.56. The van der Waals surface area contributed by atoms with Gasteiger partial charge in [-0.2, -0.15) is 0 Å². The molecule has 156 valence electrons. The molecule has 0 radical (unpaired) electrons. The van der Waals surface area contributed by atoms with E-state index < -0.39 is 15.9 Å². The molecule has 3 rings (SSSR count). The number of nitrogens with one attached hydrogen (secondary N) is 1. The second-order valence-corrected chi connectivity index (χ2v) is 8.67. The fourth-order valence-electron chi connectivity index (χ4n) is 2.85. The number of hydrogen-bond donors (Lipinski definition) is 1. The monoisotopic (exact) mass is 428 g/mol. The zero-order valence-electron chi connectivity index (χ0n) is 16.7. The lowest BCUT2D eigenvalue weighted by atomic mass is 10.0. The van der Waals surface area contributed by atoms with Gasteiger partial charge in [0.2, 0.25) is 10.0 Å². The largest absolute Gasteiger partial charge is 0.497 e. The van der Waals surface area contributed by atoms with Crippen LogP contribution in [0, 0.1) is 5.82 Å². The Bertz CT molecular complexity index is 1160. The summed E-state index contributed by atoms with van der Waals surface area (Å²) in [7, 11) is -0.616. The van der Waals surface area contributed by atoms with Gasteiger partial charge in [-0.05, 0) is 59.7 Å². The van der Waals surface area contributed by atoms with Crippen molar-refractivity contribution < 1.29 is 22.3 Å². The number of nitrogens with zero attached hydrogens (tertiary/aromatic N) is 1. The molecule has 0 aliphatic carbocycles. The SMILES string of the molecule is COc1ccc(C(=O)Nc2cc(-c3ccc(F)cc3)ccc2N(C)S(C)(=O)=O)cc1. The van der Waals surface area contributed by atoms with Gasteiger partial charge < -0.3 is 10.1 Å². The highest BCUT2D eigenvalue weighted by atomic mass is 32.2. The van der Waals surface area contributed by atoms with Crippen LogP contribution in [0.15, 0.2) is 66.7 Å². The first-order valence-electron chi connectivity index (χ1n) is 8.98. The Hall–Kier alpha value is -3.39. The van der Waals surface area contributed by atoms with Gasteiger partial charge in [-0.25, -0.2) is 12.8 Å². The maximum absolute atomic E-state index is 13.3. The molecule has 3 aromatic rings. The summed E-state index contributed by atoms with van der Waals surface area (Å²) in [5, 5.41) is 2.78. The van der Waals surface area contributed by atoms with Crippen LogP contribution < -0.4 is 14.4 Å². The van der Waals surface area contributed by atoms with Crippen molar-refractivity contribution in [2.75, 3.05) is 30.0 Å². The van der Waals surface area contributed by atoms with Gasteiger partial charge in [0.05, 0.1) is 24.7 Å². The summed E-state index contributed by atoms with van der Waals surface area (Å²) in [5.74, 6) is -0.153. The molecule has 0 unspecified atom stereocenters. The number of carbonyl (C=O) groups excluding carboxylic acids is 1. The van der Waals surface area contributed by atoms with E-state index in [4.69, 9.17) is 4.74 Å². The minimum Gasteiger partial charge on any atom is -0.497 e. The maximum atomic E-state index is 13.3. The van der Waals surface area contributed by atoms with Gasteiger partial charge in [0.1, 0.15) is 11.6 Å². The number of benzene rings is 3. The standard InChI is InChI=1S/C22H21FN2O4S/c1-25(30(3,27)28)21-13-8-17(15-4-9-18(23)10-5-15)14-20(21)24-22(26)16-6-11-19(29-2)12-7-16/h4-14H,1-3H3,(H,24,26). The van der Waals surface area contributed by atoms with Crippen LogP contribution >= 0.6 is 0 Å². The van der Waals surface area contributed by atoms with Gasteiger partial charge in [-0.3, -0.25) is 9.10 Å². The van der Waals surface area contributed by atoms with Crippen LogP contribution in [0.1, 0.15) is 10.4 Å². The third-order valence-corrected chi connectivity index (χ3v) is 5.80. The zero-order chi connectivity index (χ0) is 21.9. The van der Waals surface area contributed by atoms with E-state index in [1.54, 1.807) is 54.6 Å². The van der Waals surface area contributed by atoms with E-state index in [1.165, 1.54) is 26.3 Å². The number of anilines is 2. The summed E-state index contributed by atoms with van der Waals surface area (Å²) in [4.78, 5) is 12.8. The van der Waals surface area contributed by atoms with Crippen molar-refractivity contribution in [3.05, 3.63) is 78.1 Å². The summed E-state index contributed by atoms with van der Waals surface area (Å²) in [6, 6.07) is 17.4. The summed E-state index contributed by atoms with van der Waals surface area (Å²) in [6.07, 6.45) is 1.08. The molecule has 0 fully saturated rings. The molecular formula is C22H21FN2O4S. The minimum absolute atomic E-state index is 0.310. The molecule has 0 aliphatic heterocycles. The van der Waals surface area contributed by atoms with Crippen LogP contribution in [0.2, 0.25) is 0 Å². The van der Waals surface area contributed by atoms with E-state index in [0.717, 1.165) is 16.1 Å². The third kappa shape index (κ3) is 4.77. The molecule has 0 heterocycles. The molecule has 0 saturated carbocycles. The fraction of sp³-hybridized carbons (Fsp3) is 0.136. The first kappa shape index (κ1) is 21.3. The molecule has 6 nitrogen and oxygen atoms in total. The molecule has 1 N–H and O–H groups in total. The maximum Gasteiger partial charge on any atom is 0.255 e. The van der Waals surface area contributed by atoms with Crippen molar-refractivity contribution in [2.45, 2.75) is 0 Å². The van der Waals surface area contributed by atoms with E-state index in [0.29, 0.717) is 28.3 Å². The molecule has 0 aromatic heterocycles. The van der Waals surface area contributed by atoms with Crippen molar-refractivity contribution >= 4 is 27.3 Å². The number of rotatable bonds is 6. The van der Waals surface area contributed by atoms with Crippen LogP contribution in [0.5, 0.6) is 5.75 Å². The van der Waals surface area contributed by atoms with Gasteiger partial charge in [0, 0.05) is 12.6 Å². The van der Waals surface area contributed by atoms with Crippen molar-refractivity contribution in [3.8, 4) is 16.9 Å². The predicted molar refractivity (Wildman–Crippen MR) is 116 cm³/mol. The summed E-state index contributed by atoms with van der Waals surface area (Å²) in [5.41, 5.74) is 2.43. The molecule has 0 aliphatic rings. The lowest BCUT2D eigenvalue weighted by Crippen LogP contribution is -2.26. The van der Waals surface area contributed by atoms with Crippen LogP contribution in [0.4, 0.5) is 15.8 Å². The Morgan fingerprint density at radius 1 is 0.967 bits per heavy atom. The molecular weight excluding hydrogens is 407 g/mol. The summed E-state index contributed by atoms with van der Waals surface area (Å²) >= 11 is 0. The number of methoxy groups -OCH3 is 1. The Morgan fingerprint density at radius 3 is 2.13 bits per heavy atom. The number of amides is 1. The quantitative estimate of drug-likeness (QED) is 0.640. The molecule has 0 spiro atoms. The third-order valence-electron chi connectivity index (χ3n) is 4.61. The van der Waals surface area contributed by atoms with Crippen LogP contribution in [-0.4, -0.2) is 34.7 Å². The highest BCUT2D eigenvalue weighted by Crippen LogP contribution is 2.32. The molecule has 0 saturated heterocycles. The molecule has 3 aromatic carbocycles. The van der Waals surface area contributed by atoms with Crippen molar-refractivity contribution in [2.24, 2.45) is 0 Å². The van der Waals surface area contributed by atoms with E-state index in [-0.39, 0.29) is 5.82 Å². The Balaban J connectivity index is 2.02. The van der Waals surface area contributed by atoms with E-state index >= 15 is 0 Å². The fourth-order valence-corrected chi connectivity index (χ4v) is 3.36. The molecule has 30 heavy (non-hydrogen) atoms.